The van der Waals surface area contributed by atoms with Gasteiger partial charge >= 0.3 is 0 Å². The van der Waals surface area contributed by atoms with Gasteiger partial charge in [-0.05, 0) is 11.6 Å². The maximum Gasteiger partial charge on any atom is 0.131 e. The summed E-state index contributed by atoms with van der Waals surface area (Å²) in [7, 11) is 0. The fraction of sp³-hybridized carbons (Fsp3) is 0.200. The Morgan fingerprint density at radius 3 is 3.08 bits per heavy atom. The summed E-state index contributed by atoms with van der Waals surface area (Å²) < 4.78 is 0. The molecule has 3 nitrogen and oxygen atoms in total. The Labute approximate surface area is 76.4 Å². The molecule has 1 heterocycles. The Bertz CT molecular complexity index is 349. The predicted molar refractivity (Wildman–Crippen MR) is 47.7 cm³/mol. The van der Waals surface area contributed by atoms with E-state index in [-0.39, 0.29) is 13.0 Å². The maximum absolute atomic E-state index is 9.96. The molecule has 0 aliphatic rings. The highest BCUT2D eigenvalue weighted by Crippen LogP contribution is 2.00. The average Bonchev–Trinajstić information content (AvgIpc) is 2.19. The Hall–Kier alpha value is -1.66. The molecule has 0 spiro atoms. The van der Waals surface area contributed by atoms with Gasteiger partial charge in [0, 0.05) is 18.0 Å². The summed E-state index contributed by atoms with van der Waals surface area (Å²) in [6.45, 7) is -0.0454. The number of pyridine rings is 1. The van der Waals surface area contributed by atoms with Gasteiger partial charge in [-0.25, -0.2) is 0 Å². The third-order valence-corrected chi connectivity index (χ3v) is 1.40. The van der Waals surface area contributed by atoms with Crippen LogP contribution in [0, 0.1) is 11.8 Å². The molecule has 0 unspecified atom stereocenters. The van der Waals surface area contributed by atoms with Gasteiger partial charge in [0.2, 0.25) is 0 Å². The number of hydrogen-bond acceptors (Lipinski definition) is 3. The Morgan fingerprint density at radius 2 is 2.38 bits per heavy atom. The number of aliphatic hydroxyl groups excluding tert-OH is 1. The lowest BCUT2D eigenvalue weighted by Gasteiger charge is -1.94. The van der Waals surface area contributed by atoms with Crippen molar-refractivity contribution in [2.24, 2.45) is 0 Å². The van der Waals surface area contributed by atoms with Crippen molar-refractivity contribution in [2.45, 2.75) is 13.0 Å². The minimum atomic E-state index is -0.0454. The van der Waals surface area contributed by atoms with Crippen LogP contribution in [0.25, 0.3) is 0 Å². The molecule has 0 atom stereocenters. The van der Waals surface area contributed by atoms with E-state index in [1.54, 1.807) is 18.5 Å². The van der Waals surface area contributed by atoms with E-state index in [9.17, 15) is 4.79 Å². The van der Waals surface area contributed by atoms with Gasteiger partial charge in [0.15, 0.2) is 0 Å². The quantitative estimate of drug-likeness (QED) is 0.526. The summed E-state index contributed by atoms with van der Waals surface area (Å²) in [4.78, 5) is 13.8. The molecule has 0 radical (unpaired) electrons. The highest BCUT2D eigenvalue weighted by Gasteiger charge is 1.91. The Kier molecular flexibility index (Phi) is 3.68. The number of aldehydes is 1. The van der Waals surface area contributed by atoms with Gasteiger partial charge in [-0.1, -0.05) is 11.8 Å². The van der Waals surface area contributed by atoms with Crippen LogP contribution < -0.4 is 0 Å². The fourth-order valence-corrected chi connectivity index (χ4v) is 0.837. The number of hydrogen-bond donors (Lipinski definition) is 1. The molecule has 0 aliphatic heterocycles. The fourth-order valence-electron chi connectivity index (χ4n) is 0.837. The van der Waals surface area contributed by atoms with E-state index >= 15 is 0 Å². The van der Waals surface area contributed by atoms with Crippen molar-refractivity contribution in [1.29, 1.82) is 0 Å². The monoisotopic (exact) mass is 175 g/mol. The second-order valence-corrected chi connectivity index (χ2v) is 2.41. The minimum absolute atomic E-state index is 0.0454. The predicted octanol–water partition coefficient (Wildman–Crippen LogP) is 0.514. The lowest BCUT2D eigenvalue weighted by molar-refractivity contribution is -0.107. The molecular weight excluding hydrogens is 166 g/mol. The molecule has 1 N–H and O–H groups in total. The lowest BCUT2D eigenvalue weighted by Crippen LogP contribution is -1.86. The molecule has 1 aromatic heterocycles. The van der Waals surface area contributed by atoms with Crippen LogP contribution in [-0.2, 0) is 11.4 Å². The number of aromatic nitrogens is 1. The van der Waals surface area contributed by atoms with Crippen molar-refractivity contribution in [3.63, 3.8) is 0 Å². The van der Waals surface area contributed by atoms with Crippen molar-refractivity contribution in [1.82, 2.24) is 4.98 Å². The van der Waals surface area contributed by atoms with Gasteiger partial charge in [0.05, 0.1) is 13.0 Å². The molecule has 66 valence electrons. The van der Waals surface area contributed by atoms with E-state index in [2.05, 4.69) is 16.8 Å². The molecule has 0 amide bonds. The van der Waals surface area contributed by atoms with Crippen molar-refractivity contribution < 1.29 is 9.90 Å². The van der Waals surface area contributed by atoms with Crippen LogP contribution in [0.1, 0.15) is 17.5 Å². The Morgan fingerprint density at radius 1 is 1.54 bits per heavy atom. The van der Waals surface area contributed by atoms with Crippen LogP contribution in [0.2, 0.25) is 0 Å². The number of carbonyl (C=O) groups excluding carboxylic acids is 1. The molecule has 0 aromatic carbocycles. The first-order valence-electron chi connectivity index (χ1n) is 3.84. The van der Waals surface area contributed by atoms with E-state index < -0.39 is 0 Å². The largest absolute Gasteiger partial charge is 0.392 e. The number of nitrogens with zero attached hydrogens (tertiary/aromatic N) is 1. The van der Waals surface area contributed by atoms with Gasteiger partial charge in [0.25, 0.3) is 0 Å². The van der Waals surface area contributed by atoms with Crippen LogP contribution >= 0.6 is 0 Å². The van der Waals surface area contributed by atoms with E-state index in [4.69, 9.17) is 5.11 Å². The van der Waals surface area contributed by atoms with Gasteiger partial charge < -0.3 is 9.90 Å². The standard InChI is InChI=1S/C10H9NO2/c12-4-2-1-3-9-5-10(8-13)7-11-6-9/h4-7,13H,2,8H2. The van der Waals surface area contributed by atoms with Crippen LogP contribution in [-0.4, -0.2) is 16.4 Å². The maximum atomic E-state index is 9.96. The number of rotatable bonds is 2. The van der Waals surface area contributed by atoms with E-state index in [1.807, 2.05) is 0 Å². The van der Waals surface area contributed by atoms with Crippen LogP contribution in [0.15, 0.2) is 18.5 Å². The van der Waals surface area contributed by atoms with E-state index in [0.29, 0.717) is 5.56 Å². The zero-order valence-corrected chi connectivity index (χ0v) is 7.03. The summed E-state index contributed by atoms with van der Waals surface area (Å²) in [5.74, 6) is 5.43. The first-order valence-corrected chi connectivity index (χ1v) is 3.84. The highest BCUT2D eigenvalue weighted by molar-refractivity contribution is 5.54. The normalized spacial score (nSPS) is 8.69. The molecule has 0 fully saturated rings. The van der Waals surface area contributed by atoms with Gasteiger partial charge in [-0.2, -0.15) is 0 Å². The van der Waals surface area contributed by atoms with Crippen molar-refractivity contribution >= 4 is 6.29 Å². The summed E-state index contributed by atoms with van der Waals surface area (Å²) in [5.41, 5.74) is 1.44. The Balaban J connectivity index is 2.78. The van der Waals surface area contributed by atoms with E-state index in [0.717, 1.165) is 11.8 Å². The first-order chi connectivity index (χ1) is 6.36. The summed E-state index contributed by atoms with van der Waals surface area (Å²) >= 11 is 0. The summed E-state index contributed by atoms with van der Waals surface area (Å²) in [6, 6.07) is 1.74. The molecular formula is C10H9NO2. The van der Waals surface area contributed by atoms with Crippen LogP contribution in [0.3, 0.4) is 0 Å². The topological polar surface area (TPSA) is 50.2 Å². The average molecular weight is 175 g/mol. The van der Waals surface area contributed by atoms with Gasteiger partial charge in [-0.3, -0.25) is 4.98 Å². The van der Waals surface area contributed by atoms with Crippen molar-refractivity contribution in [3.05, 3.63) is 29.6 Å². The third kappa shape index (κ3) is 3.06. The molecule has 0 saturated heterocycles. The molecule has 13 heavy (non-hydrogen) atoms. The molecule has 0 bridgehead atoms. The minimum Gasteiger partial charge on any atom is -0.392 e. The summed E-state index contributed by atoms with van der Waals surface area (Å²) in [6.07, 6.45) is 4.14. The smallest absolute Gasteiger partial charge is 0.131 e. The zero-order valence-electron chi connectivity index (χ0n) is 7.03. The molecule has 0 saturated carbocycles. The SMILES string of the molecule is O=CCC#Cc1cncc(CO)c1. The van der Waals surface area contributed by atoms with Gasteiger partial charge in [0.1, 0.15) is 6.29 Å². The lowest BCUT2D eigenvalue weighted by atomic mass is 10.2. The molecule has 1 rings (SSSR count). The highest BCUT2D eigenvalue weighted by atomic mass is 16.3. The van der Waals surface area contributed by atoms with Crippen molar-refractivity contribution in [3.8, 4) is 11.8 Å². The second-order valence-electron chi connectivity index (χ2n) is 2.41. The first kappa shape index (κ1) is 9.43. The number of carbonyl (C=O) groups is 1. The molecule has 1 aromatic rings. The van der Waals surface area contributed by atoms with Gasteiger partial charge in [-0.15, -0.1) is 0 Å². The van der Waals surface area contributed by atoms with Crippen LogP contribution in [0.4, 0.5) is 0 Å². The van der Waals surface area contributed by atoms with Crippen molar-refractivity contribution in [2.75, 3.05) is 0 Å². The molecule has 3 heteroatoms. The third-order valence-electron chi connectivity index (χ3n) is 1.40. The zero-order chi connectivity index (χ0) is 9.52. The number of aliphatic hydroxyl groups is 1. The second kappa shape index (κ2) is 5.07. The van der Waals surface area contributed by atoms with Crippen LogP contribution in [0.5, 0.6) is 0 Å². The molecule has 0 aliphatic carbocycles. The van der Waals surface area contributed by atoms with E-state index in [1.165, 1.54) is 0 Å². The summed E-state index contributed by atoms with van der Waals surface area (Å²) in [5, 5.41) is 8.79.